The Bertz CT molecular complexity index is 1740. The molecule has 2 fully saturated rings. The molecule has 238 valence electrons. The standard InChI is InChI=1S/C36H40ClN7O2/c1-3-32(39-30-15-9-27(10-16-30)35(45)44-25-23-43(24-26-44)33-8-4-5-19-38-33)40-34-31(7-6-20-41(34)2)42-21-17-36(46,18-22-42)28-11-13-29(37)14-12-28/h4-16,19-20,46H,3,17-18,21-26H2,1-2H3. The highest BCUT2D eigenvalue weighted by Gasteiger charge is 2.34. The molecule has 4 aromatic rings. The monoisotopic (exact) mass is 637 g/mol. The minimum absolute atomic E-state index is 0.0297. The number of rotatable bonds is 6. The minimum atomic E-state index is -0.882. The van der Waals surface area contributed by atoms with Crippen molar-refractivity contribution in [2.75, 3.05) is 49.1 Å². The van der Waals surface area contributed by atoms with Gasteiger partial charge < -0.3 is 24.4 Å². The van der Waals surface area contributed by atoms with Gasteiger partial charge in [-0.25, -0.2) is 15.0 Å². The number of hydrogen-bond donors (Lipinski definition) is 1. The lowest BCUT2D eigenvalue weighted by molar-refractivity contribution is 0.0117. The van der Waals surface area contributed by atoms with Gasteiger partial charge in [-0.1, -0.05) is 36.7 Å². The van der Waals surface area contributed by atoms with Gasteiger partial charge in [-0.3, -0.25) is 4.79 Å². The Kier molecular flexibility index (Phi) is 9.51. The number of anilines is 2. The maximum absolute atomic E-state index is 13.2. The first kappa shape index (κ1) is 31.5. The Hall–Kier alpha value is -4.47. The minimum Gasteiger partial charge on any atom is -0.385 e. The third-order valence-electron chi connectivity index (χ3n) is 8.90. The number of aryl methyl sites for hydroxylation is 1. The lowest BCUT2D eigenvalue weighted by Crippen LogP contribution is -2.49. The molecular formula is C36H40ClN7O2. The lowest BCUT2D eigenvalue weighted by Gasteiger charge is -2.39. The molecule has 0 bridgehead atoms. The zero-order valence-corrected chi connectivity index (χ0v) is 27.1. The van der Waals surface area contributed by atoms with E-state index in [0.29, 0.717) is 61.9 Å². The Morgan fingerprint density at radius 2 is 1.61 bits per heavy atom. The average molecular weight is 638 g/mol. The van der Waals surface area contributed by atoms with Gasteiger partial charge >= 0.3 is 0 Å². The summed E-state index contributed by atoms with van der Waals surface area (Å²) in [6.45, 7) is 6.25. The Morgan fingerprint density at radius 1 is 0.891 bits per heavy atom. The van der Waals surface area contributed by atoms with Gasteiger partial charge in [-0.2, -0.15) is 0 Å². The van der Waals surface area contributed by atoms with E-state index < -0.39 is 5.60 Å². The molecule has 6 rings (SSSR count). The maximum Gasteiger partial charge on any atom is 0.253 e. The highest BCUT2D eigenvalue weighted by atomic mass is 35.5. The fourth-order valence-electron chi connectivity index (χ4n) is 6.13. The number of piperidine rings is 1. The van der Waals surface area contributed by atoms with E-state index in [1.54, 1.807) is 6.20 Å². The first-order valence-electron chi connectivity index (χ1n) is 15.9. The van der Waals surface area contributed by atoms with Crippen molar-refractivity contribution in [1.29, 1.82) is 0 Å². The fourth-order valence-corrected chi connectivity index (χ4v) is 6.26. The second-order valence-electron chi connectivity index (χ2n) is 11.9. The van der Waals surface area contributed by atoms with E-state index in [-0.39, 0.29) is 5.91 Å². The smallest absolute Gasteiger partial charge is 0.253 e. The topological polar surface area (TPSA) is 89.6 Å². The summed E-state index contributed by atoms with van der Waals surface area (Å²) in [5.74, 6) is 1.67. The molecule has 10 heteroatoms. The molecule has 0 unspecified atom stereocenters. The summed E-state index contributed by atoms with van der Waals surface area (Å²) >= 11 is 6.07. The molecule has 2 saturated heterocycles. The molecule has 2 aromatic carbocycles. The van der Waals surface area contributed by atoms with E-state index in [9.17, 15) is 9.90 Å². The van der Waals surface area contributed by atoms with E-state index in [4.69, 9.17) is 21.6 Å². The van der Waals surface area contributed by atoms with Crippen LogP contribution in [0.1, 0.15) is 42.1 Å². The number of aliphatic hydroxyl groups is 1. The van der Waals surface area contributed by atoms with Crippen LogP contribution in [0.5, 0.6) is 0 Å². The van der Waals surface area contributed by atoms with Crippen molar-refractivity contribution in [2.24, 2.45) is 17.0 Å². The van der Waals surface area contributed by atoms with Crippen LogP contribution in [0.2, 0.25) is 5.02 Å². The van der Waals surface area contributed by atoms with Crippen LogP contribution in [-0.4, -0.2) is 70.6 Å². The van der Waals surface area contributed by atoms with Crippen molar-refractivity contribution in [2.45, 2.75) is 31.8 Å². The van der Waals surface area contributed by atoms with Gasteiger partial charge in [0, 0.05) is 75.7 Å². The van der Waals surface area contributed by atoms with Crippen molar-refractivity contribution in [3.05, 3.63) is 113 Å². The molecule has 46 heavy (non-hydrogen) atoms. The third kappa shape index (κ3) is 7.00. The van der Waals surface area contributed by atoms with Crippen molar-refractivity contribution in [3.8, 4) is 0 Å². The number of aromatic nitrogens is 2. The summed E-state index contributed by atoms with van der Waals surface area (Å²) in [7, 11) is 1.99. The zero-order chi connectivity index (χ0) is 32.1. The van der Waals surface area contributed by atoms with Gasteiger partial charge in [-0.15, -0.1) is 0 Å². The molecule has 9 nitrogen and oxygen atoms in total. The summed E-state index contributed by atoms with van der Waals surface area (Å²) < 4.78 is 2.01. The summed E-state index contributed by atoms with van der Waals surface area (Å²) in [5, 5.41) is 12.1. The predicted octanol–water partition coefficient (Wildman–Crippen LogP) is 5.56. The molecular weight excluding hydrogens is 598 g/mol. The molecule has 0 aliphatic carbocycles. The molecule has 0 atom stereocenters. The summed E-state index contributed by atoms with van der Waals surface area (Å²) in [5.41, 5.74) is 3.25. The third-order valence-corrected chi connectivity index (χ3v) is 9.16. The number of nitrogens with zero attached hydrogens (tertiary/aromatic N) is 7. The highest BCUT2D eigenvalue weighted by Crippen LogP contribution is 2.34. The number of pyridine rings is 2. The number of amides is 1. The molecule has 4 heterocycles. The average Bonchev–Trinajstić information content (AvgIpc) is 3.10. The van der Waals surface area contributed by atoms with E-state index in [1.165, 1.54) is 0 Å². The van der Waals surface area contributed by atoms with Gasteiger partial charge in [-0.05, 0) is 79.1 Å². The van der Waals surface area contributed by atoms with Gasteiger partial charge in [0.25, 0.3) is 5.91 Å². The largest absolute Gasteiger partial charge is 0.385 e. The van der Waals surface area contributed by atoms with E-state index in [2.05, 4.69) is 20.9 Å². The number of aliphatic imine (C=N–C) groups is 1. The van der Waals surface area contributed by atoms with Gasteiger partial charge in [0.15, 0.2) is 5.49 Å². The van der Waals surface area contributed by atoms with Crippen LogP contribution < -0.4 is 15.3 Å². The molecule has 0 spiro atoms. The van der Waals surface area contributed by atoms with E-state index >= 15 is 0 Å². The maximum atomic E-state index is 13.2. The van der Waals surface area contributed by atoms with Crippen LogP contribution in [0.4, 0.5) is 17.2 Å². The normalized spacial score (nSPS) is 17.3. The Balaban J connectivity index is 1.14. The number of amidine groups is 1. The van der Waals surface area contributed by atoms with Crippen LogP contribution >= 0.6 is 11.6 Å². The van der Waals surface area contributed by atoms with Crippen LogP contribution in [-0.2, 0) is 12.6 Å². The molecule has 2 aromatic heterocycles. The SMILES string of the molecule is CCC(=Nc1ccc(C(=O)N2CCN(c3ccccn3)CC2)cc1)N=c1c(N2CCC(O)(c3ccc(Cl)cc3)CC2)cccn1C. The summed E-state index contributed by atoms with van der Waals surface area (Å²) in [6.07, 6.45) is 5.64. The number of piperazine rings is 1. The second kappa shape index (κ2) is 13.9. The van der Waals surface area contributed by atoms with E-state index in [1.807, 2.05) is 102 Å². The summed E-state index contributed by atoms with van der Waals surface area (Å²) in [4.78, 5) is 34.0. The fraction of sp³-hybridized carbons (Fsp3) is 0.333. The lowest BCUT2D eigenvalue weighted by atomic mass is 9.84. The molecule has 1 amide bonds. The van der Waals surface area contributed by atoms with Crippen LogP contribution in [0.3, 0.4) is 0 Å². The van der Waals surface area contributed by atoms with Crippen LogP contribution in [0.25, 0.3) is 0 Å². The highest BCUT2D eigenvalue weighted by molar-refractivity contribution is 6.30. The van der Waals surface area contributed by atoms with Crippen molar-refractivity contribution in [1.82, 2.24) is 14.5 Å². The van der Waals surface area contributed by atoms with Crippen LogP contribution in [0, 0.1) is 0 Å². The molecule has 0 saturated carbocycles. The van der Waals surface area contributed by atoms with Crippen LogP contribution in [0.15, 0.2) is 101 Å². The van der Waals surface area contributed by atoms with Gasteiger partial charge in [0.1, 0.15) is 11.7 Å². The number of carbonyl (C=O) groups excluding carboxylic acids is 1. The molecule has 1 N–H and O–H groups in total. The molecule has 2 aliphatic rings. The first-order valence-corrected chi connectivity index (χ1v) is 16.3. The number of carbonyl (C=O) groups is 1. The summed E-state index contributed by atoms with van der Waals surface area (Å²) in [6, 6.07) is 25.0. The first-order chi connectivity index (χ1) is 22.3. The molecule has 2 aliphatic heterocycles. The van der Waals surface area contributed by atoms with Crippen molar-refractivity contribution in [3.63, 3.8) is 0 Å². The number of benzene rings is 2. The van der Waals surface area contributed by atoms with Gasteiger partial charge in [0.2, 0.25) is 0 Å². The zero-order valence-electron chi connectivity index (χ0n) is 26.4. The quantitative estimate of drug-likeness (QED) is 0.221. The number of halogens is 1. The second-order valence-corrected chi connectivity index (χ2v) is 12.3. The van der Waals surface area contributed by atoms with E-state index in [0.717, 1.165) is 41.3 Å². The Morgan fingerprint density at radius 3 is 2.26 bits per heavy atom. The molecule has 0 radical (unpaired) electrons. The van der Waals surface area contributed by atoms with Gasteiger partial charge in [0.05, 0.1) is 17.0 Å². The van der Waals surface area contributed by atoms with Crippen molar-refractivity contribution >= 4 is 40.5 Å². The Labute approximate surface area is 275 Å². The van der Waals surface area contributed by atoms with Crippen molar-refractivity contribution < 1.29 is 9.90 Å². The number of hydrogen-bond acceptors (Lipinski definition) is 6. The predicted molar refractivity (Wildman–Crippen MR) is 184 cm³/mol.